The van der Waals surface area contributed by atoms with Crippen LogP contribution in [0.25, 0.3) is 0 Å². The highest BCUT2D eigenvalue weighted by Gasteiger charge is 2.27. The van der Waals surface area contributed by atoms with Crippen LogP contribution >= 0.6 is 0 Å². The van der Waals surface area contributed by atoms with E-state index in [9.17, 15) is 9.90 Å². The lowest BCUT2D eigenvalue weighted by Crippen LogP contribution is -2.38. The van der Waals surface area contributed by atoms with E-state index in [0.29, 0.717) is 18.5 Å². The van der Waals surface area contributed by atoms with E-state index in [4.69, 9.17) is 0 Å². The zero-order valence-corrected chi connectivity index (χ0v) is 14.3. The summed E-state index contributed by atoms with van der Waals surface area (Å²) in [5.74, 6) is 0.729. The van der Waals surface area contributed by atoms with Crippen LogP contribution in [0.3, 0.4) is 0 Å². The van der Waals surface area contributed by atoms with Gasteiger partial charge in [-0.3, -0.25) is 4.79 Å². The molecule has 1 aliphatic rings. The third-order valence-electron chi connectivity index (χ3n) is 5.20. The van der Waals surface area contributed by atoms with E-state index < -0.39 is 0 Å². The molecule has 2 heterocycles. The molecule has 0 bridgehead atoms. The number of anilines is 1. The molecule has 0 radical (unpaired) electrons. The van der Waals surface area contributed by atoms with Gasteiger partial charge in [0, 0.05) is 32.4 Å². The van der Waals surface area contributed by atoms with Crippen LogP contribution in [0.1, 0.15) is 56.3 Å². The van der Waals surface area contributed by atoms with Gasteiger partial charge in [-0.2, -0.15) is 0 Å². The molecule has 1 aliphatic heterocycles. The van der Waals surface area contributed by atoms with Crippen molar-refractivity contribution in [2.75, 3.05) is 31.1 Å². The van der Waals surface area contributed by atoms with Crippen LogP contribution in [0.15, 0.2) is 18.3 Å². The molecule has 0 spiro atoms. The number of carbonyl (C=O) groups is 1. The van der Waals surface area contributed by atoms with E-state index in [0.717, 1.165) is 44.6 Å². The summed E-state index contributed by atoms with van der Waals surface area (Å²) in [6, 6.07) is 3.66. The van der Waals surface area contributed by atoms with E-state index in [2.05, 4.69) is 29.0 Å². The molecule has 0 unspecified atom stereocenters. The van der Waals surface area contributed by atoms with E-state index in [1.165, 1.54) is 0 Å². The van der Waals surface area contributed by atoms with Crippen LogP contribution in [-0.4, -0.2) is 42.2 Å². The molecule has 5 nitrogen and oxygen atoms in total. The summed E-state index contributed by atoms with van der Waals surface area (Å²) in [5, 5.41) is 12.4. The molecule has 0 atom stereocenters. The van der Waals surface area contributed by atoms with Gasteiger partial charge in [-0.05, 0) is 49.7 Å². The number of hydrogen-bond acceptors (Lipinski definition) is 4. The van der Waals surface area contributed by atoms with Gasteiger partial charge in [0.1, 0.15) is 5.82 Å². The maximum atomic E-state index is 12.7. The number of nitrogens with zero attached hydrogens (tertiary/aromatic N) is 2. The average molecular weight is 319 g/mol. The van der Waals surface area contributed by atoms with Crippen LogP contribution in [0.5, 0.6) is 0 Å². The van der Waals surface area contributed by atoms with Crippen LogP contribution in [0.2, 0.25) is 0 Å². The van der Waals surface area contributed by atoms with Crippen molar-refractivity contribution in [3.8, 4) is 0 Å². The Hall–Kier alpha value is -1.62. The Morgan fingerprint density at radius 3 is 2.65 bits per heavy atom. The minimum atomic E-state index is -0.0655. The molecule has 2 N–H and O–H groups in total. The number of hydrogen-bond donors (Lipinski definition) is 2. The predicted molar refractivity (Wildman–Crippen MR) is 92.7 cm³/mol. The number of aliphatic hydroxyl groups excluding tert-OH is 1. The van der Waals surface area contributed by atoms with Gasteiger partial charge in [0.2, 0.25) is 0 Å². The summed E-state index contributed by atoms with van der Waals surface area (Å²) < 4.78 is 0. The Kier molecular flexibility index (Phi) is 6.39. The van der Waals surface area contributed by atoms with Gasteiger partial charge in [0.25, 0.3) is 5.91 Å². The van der Waals surface area contributed by atoms with Crippen molar-refractivity contribution in [3.05, 3.63) is 23.9 Å². The Balaban J connectivity index is 2.08. The van der Waals surface area contributed by atoms with Gasteiger partial charge in [-0.1, -0.05) is 13.8 Å². The third kappa shape index (κ3) is 4.22. The second-order valence-corrected chi connectivity index (χ2v) is 6.43. The van der Waals surface area contributed by atoms with Crippen molar-refractivity contribution >= 4 is 11.7 Å². The first-order chi connectivity index (χ1) is 11.2. The number of nitrogens with one attached hydrogen (secondary N) is 1. The number of rotatable bonds is 8. The van der Waals surface area contributed by atoms with E-state index in [1.54, 1.807) is 6.20 Å². The normalized spacial score (nSPS) is 15.0. The summed E-state index contributed by atoms with van der Waals surface area (Å²) in [7, 11) is 0. The maximum absolute atomic E-state index is 12.7. The first-order valence-corrected chi connectivity index (χ1v) is 8.75. The molecule has 0 aromatic carbocycles. The Morgan fingerprint density at radius 1 is 1.35 bits per heavy atom. The van der Waals surface area contributed by atoms with E-state index in [-0.39, 0.29) is 17.9 Å². The van der Waals surface area contributed by atoms with E-state index in [1.807, 2.05) is 12.1 Å². The molecule has 0 saturated carbocycles. The fourth-order valence-corrected chi connectivity index (χ4v) is 3.30. The minimum absolute atomic E-state index is 0.0274. The number of amides is 1. The largest absolute Gasteiger partial charge is 0.396 e. The number of pyridine rings is 1. The number of aliphatic hydroxyl groups is 1. The third-order valence-corrected chi connectivity index (χ3v) is 5.20. The molecular formula is C18H29N3O2. The van der Waals surface area contributed by atoms with Gasteiger partial charge in [0.15, 0.2) is 0 Å². The first-order valence-electron chi connectivity index (χ1n) is 8.75. The average Bonchev–Trinajstić information content (AvgIpc) is 3.13. The second kappa shape index (κ2) is 8.29. The zero-order chi connectivity index (χ0) is 16.7. The fourth-order valence-electron chi connectivity index (χ4n) is 3.30. The van der Waals surface area contributed by atoms with Gasteiger partial charge >= 0.3 is 0 Å². The molecule has 1 saturated heterocycles. The van der Waals surface area contributed by atoms with Crippen molar-refractivity contribution in [2.24, 2.45) is 5.41 Å². The van der Waals surface area contributed by atoms with Crippen molar-refractivity contribution < 1.29 is 9.90 Å². The van der Waals surface area contributed by atoms with Crippen LogP contribution in [0.4, 0.5) is 5.82 Å². The molecule has 1 aromatic heterocycles. The molecule has 1 aromatic rings. The quantitative estimate of drug-likeness (QED) is 0.773. The highest BCUT2D eigenvalue weighted by Crippen LogP contribution is 2.30. The molecule has 1 fully saturated rings. The smallest absolute Gasteiger partial charge is 0.255 e. The topological polar surface area (TPSA) is 65.5 Å². The predicted octanol–water partition coefficient (Wildman–Crippen LogP) is 2.60. The highest BCUT2D eigenvalue weighted by molar-refractivity contribution is 5.98. The maximum Gasteiger partial charge on any atom is 0.255 e. The van der Waals surface area contributed by atoms with Gasteiger partial charge in [-0.25, -0.2) is 4.98 Å². The summed E-state index contributed by atoms with van der Waals surface area (Å²) in [6.07, 6.45) is 6.66. The molecular weight excluding hydrogens is 290 g/mol. The van der Waals surface area contributed by atoms with Gasteiger partial charge in [-0.15, -0.1) is 0 Å². The molecule has 128 valence electrons. The summed E-state index contributed by atoms with van der Waals surface area (Å²) >= 11 is 0. The molecule has 2 rings (SSSR count). The Bertz CT molecular complexity index is 509. The van der Waals surface area contributed by atoms with Gasteiger partial charge < -0.3 is 15.3 Å². The number of carbonyl (C=O) groups excluding carboxylic acids is 1. The summed E-state index contributed by atoms with van der Waals surface area (Å²) in [4.78, 5) is 19.3. The Morgan fingerprint density at radius 2 is 2.04 bits per heavy atom. The van der Waals surface area contributed by atoms with Crippen molar-refractivity contribution in [1.82, 2.24) is 10.3 Å². The van der Waals surface area contributed by atoms with E-state index >= 15 is 0 Å². The SMILES string of the molecule is CCC(CC)(CCO)CNC(=O)c1cccnc1N1CCCC1. The molecule has 1 amide bonds. The Labute approximate surface area is 139 Å². The van der Waals surface area contributed by atoms with Crippen molar-refractivity contribution in [2.45, 2.75) is 46.0 Å². The standard InChI is InChI=1S/C18H29N3O2/c1-3-18(4-2,9-13-22)14-20-17(23)15-8-7-10-19-16(15)21-11-5-6-12-21/h7-8,10,22H,3-6,9,11-14H2,1-2H3,(H,20,23). The van der Waals surface area contributed by atoms with Crippen molar-refractivity contribution in [3.63, 3.8) is 0 Å². The van der Waals surface area contributed by atoms with Crippen LogP contribution < -0.4 is 10.2 Å². The van der Waals surface area contributed by atoms with Crippen LogP contribution in [-0.2, 0) is 0 Å². The summed E-state index contributed by atoms with van der Waals surface area (Å²) in [5.41, 5.74) is 0.625. The molecule has 5 heteroatoms. The zero-order valence-electron chi connectivity index (χ0n) is 14.3. The lowest BCUT2D eigenvalue weighted by molar-refractivity contribution is 0.0907. The monoisotopic (exact) mass is 319 g/mol. The lowest BCUT2D eigenvalue weighted by atomic mass is 9.79. The minimum Gasteiger partial charge on any atom is -0.396 e. The molecule has 23 heavy (non-hydrogen) atoms. The van der Waals surface area contributed by atoms with Crippen molar-refractivity contribution in [1.29, 1.82) is 0 Å². The summed E-state index contributed by atoms with van der Waals surface area (Å²) in [6.45, 7) is 6.92. The number of aromatic nitrogens is 1. The second-order valence-electron chi connectivity index (χ2n) is 6.43. The van der Waals surface area contributed by atoms with Crippen LogP contribution in [0, 0.1) is 5.41 Å². The van der Waals surface area contributed by atoms with Gasteiger partial charge in [0.05, 0.1) is 5.56 Å². The first kappa shape index (κ1) is 17.7. The fraction of sp³-hybridized carbons (Fsp3) is 0.667. The molecule has 0 aliphatic carbocycles. The lowest BCUT2D eigenvalue weighted by Gasteiger charge is -2.31. The highest BCUT2D eigenvalue weighted by atomic mass is 16.3.